The van der Waals surface area contributed by atoms with Crippen molar-refractivity contribution in [3.8, 4) is 11.1 Å². The number of aliphatic carboxylic acids is 1. The van der Waals surface area contributed by atoms with Gasteiger partial charge in [-0.05, 0) is 29.7 Å². The lowest BCUT2D eigenvalue weighted by molar-refractivity contribution is -0.311. The van der Waals surface area contributed by atoms with E-state index in [9.17, 15) is 34.5 Å². The number of hydrogen-bond acceptors (Lipinski definition) is 12. The number of aliphatic hydroxyl groups is 3. The Kier molecular flexibility index (Phi) is 14.1. The molecule has 1 aliphatic heterocycles. The Balaban J connectivity index is 1.68. The lowest BCUT2D eigenvalue weighted by Gasteiger charge is -2.47. The molecule has 14 heteroatoms. The van der Waals surface area contributed by atoms with Crippen molar-refractivity contribution in [2.24, 2.45) is 5.73 Å². The van der Waals surface area contributed by atoms with E-state index in [0.29, 0.717) is 17.7 Å². The average Bonchev–Trinajstić information content (AvgIpc) is 3.05. The van der Waals surface area contributed by atoms with Crippen LogP contribution in [0, 0.1) is 0 Å². The molecule has 3 rings (SSSR count). The highest BCUT2D eigenvalue weighted by atomic mass is 32.2. The zero-order valence-electron chi connectivity index (χ0n) is 25.7. The second-order valence-electron chi connectivity index (χ2n) is 11.0. The lowest BCUT2D eigenvalue weighted by atomic mass is 9.87. The third-order valence-electron chi connectivity index (χ3n) is 7.53. The van der Waals surface area contributed by atoms with E-state index in [4.69, 9.17) is 25.1 Å². The molecule has 0 saturated carbocycles. The number of rotatable bonds is 17. The van der Waals surface area contributed by atoms with Crippen molar-refractivity contribution in [2.75, 3.05) is 25.2 Å². The van der Waals surface area contributed by atoms with Gasteiger partial charge in [0.2, 0.25) is 5.91 Å². The Morgan fingerprint density at radius 3 is 2.35 bits per heavy atom. The number of thioether (sulfide) groups is 1. The summed E-state index contributed by atoms with van der Waals surface area (Å²) >= 11 is 1.27. The number of esters is 1. The summed E-state index contributed by atoms with van der Waals surface area (Å²) in [6.45, 7) is 1.12. The van der Waals surface area contributed by atoms with Crippen molar-refractivity contribution in [1.29, 1.82) is 0 Å². The highest BCUT2D eigenvalue weighted by molar-refractivity contribution is 7.99. The van der Waals surface area contributed by atoms with Crippen LogP contribution < -0.4 is 11.1 Å². The van der Waals surface area contributed by atoms with E-state index in [1.807, 2.05) is 42.5 Å². The molecule has 0 bridgehead atoms. The van der Waals surface area contributed by atoms with E-state index < -0.39 is 66.6 Å². The maximum absolute atomic E-state index is 12.9. The molecule has 2 unspecified atom stereocenters. The number of carbonyl (C=O) groups is 4. The molecule has 1 fully saturated rings. The quantitative estimate of drug-likeness (QED) is 0.0797. The van der Waals surface area contributed by atoms with Gasteiger partial charge in [-0.1, -0.05) is 54.6 Å². The number of methoxy groups -OCH3 is 1. The Bertz CT molecular complexity index is 1310. The molecule has 0 spiro atoms. The molecule has 0 aromatic heterocycles. The standard InChI is InChI=1S/C32H42N2O11S/c1-19(35)34-27-26(38)17-32(31(42)43-2,44-15-6-16-46-18-23(33)30(40)41)45-29(27)28(39)25(37)14-13-24(36)22-11-9-21(10-12-22)20-7-4-3-5-8-20/h3-5,7-12,23,25-29,37-39H,6,13-18,33H2,1-2H3,(H,34,35)(H,40,41)/t23?,25-,26-,27+,28-,29?,32-/m1/s1. The maximum atomic E-state index is 12.9. The largest absolute Gasteiger partial charge is 0.480 e. The smallest absolute Gasteiger partial charge is 0.366 e. The van der Waals surface area contributed by atoms with Gasteiger partial charge < -0.3 is 45.7 Å². The van der Waals surface area contributed by atoms with E-state index in [1.54, 1.807) is 12.1 Å². The van der Waals surface area contributed by atoms with Gasteiger partial charge in [0.15, 0.2) is 5.78 Å². The fraction of sp³-hybridized carbons (Fsp3) is 0.500. The average molecular weight is 663 g/mol. The van der Waals surface area contributed by atoms with Crippen molar-refractivity contribution in [3.63, 3.8) is 0 Å². The Hall–Kier alpha value is -3.37. The van der Waals surface area contributed by atoms with Gasteiger partial charge >= 0.3 is 11.9 Å². The third kappa shape index (κ3) is 10.1. The minimum atomic E-state index is -2.19. The van der Waals surface area contributed by atoms with Crippen LogP contribution in [0.4, 0.5) is 0 Å². The Labute approximate surface area is 271 Å². The van der Waals surface area contributed by atoms with E-state index in [-0.39, 0.29) is 31.0 Å². The predicted molar refractivity (Wildman–Crippen MR) is 169 cm³/mol. The van der Waals surface area contributed by atoms with Gasteiger partial charge in [0.25, 0.3) is 5.79 Å². The maximum Gasteiger partial charge on any atom is 0.366 e. The summed E-state index contributed by atoms with van der Waals surface area (Å²) in [5, 5.41) is 44.6. The molecule has 7 atom stereocenters. The summed E-state index contributed by atoms with van der Waals surface area (Å²) in [6.07, 6.45) is -6.76. The van der Waals surface area contributed by atoms with Crippen LogP contribution in [0.3, 0.4) is 0 Å². The number of carbonyl (C=O) groups excluding carboxylic acids is 3. The first-order valence-electron chi connectivity index (χ1n) is 14.8. The zero-order valence-corrected chi connectivity index (χ0v) is 26.6. The Morgan fingerprint density at radius 1 is 1.09 bits per heavy atom. The van der Waals surface area contributed by atoms with Crippen molar-refractivity contribution in [3.05, 3.63) is 60.2 Å². The first-order valence-corrected chi connectivity index (χ1v) is 16.0. The summed E-state index contributed by atoms with van der Waals surface area (Å²) < 4.78 is 16.6. The minimum Gasteiger partial charge on any atom is -0.480 e. The van der Waals surface area contributed by atoms with Crippen LogP contribution in [0.1, 0.15) is 43.0 Å². The SMILES string of the molecule is COC(=O)[C@@]1(OCCCSCC(N)C(=O)O)C[C@@H](O)[C@H](NC(C)=O)C([C@H](O)[C@H](O)CCC(=O)c2ccc(-c3ccccc3)cc2)O1. The molecule has 13 nitrogen and oxygen atoms in total. The molecule has 1 aliphatic rings. The first-order chi connectivity index (χ1) is 21.9. The second kappa shape index (κ2) is 17.5. The molecule has 0 radical (unpaired) electrons. The number of hydrogen-bond donors (Lipinski definition) is 6. The normalized spacial score (nSPS) is 23.1. The lowest BCUT2D eigenvalue weighted by Crippen LogP contribution is -2.67. The molecule has 1 amide bonds. The molecular weight excluding hydrogens is 620 g/mol. The van der Waals surface area contributed by atoms with Crippen molar-refractivity contribution in [2.45, 2.75) is 74.9 Å². The monoisotopic (exact) mass is 662 g/mol. The van der Waals surface area contributed by atoms with Crippen LogP contribution in [-0.4, -0.2) is 112 Å². The number of ether oxygens (including phenoxy) is 3. The van der Waals surface area contributed by atoms with Crippen LogP contribution >= 0.6 is 11.8 Å². The predicted octanol–water partition coefficient (Wildman–Crippen LogP) is 1.11. The van der Waals surface area contributed by atoms with Crippen LogP contribution in [0.25, 0.3) is 11.1 Å². The van der Waals surface area contributed by atoms with Gasteiger partial charge in [0.1, 0.15) is 18.2 Å². The number of carboxylic acid groups (broad SMARTS) is 1. The Morgan fingerprint density at radius 2 is 1.74 bits per heavy atom. The van der Waals surface area contributed by atoms with E-state index in [0.717, 1.165) is 18.2 Å². The zero-order chi connectivity index (χ0) is 33.9. The van der Waals surface area contributed by atoms with E-state index in [2.05, 4.69) is 5.32 Å². The van der Waals surface area contributed by atoms with Crippen LogP contribution in [0.2, 0.25) is 0 Å². The molecule has 7 N–H and O–H groups in total. The number of nitrogens with two attached hydrogens (primary N) is 1. The summed E-state index contributed by atoms with van der Waals surface area (Å²) in [6, 6.07) is 14.4. The fourth-order valence-corrected chi connectivity index (χ4v) is 5.95. The second-order valence-corrected chi connectivity index (χ2v) is 12.2. The fourth-order valence-electron chi connectivity index (χ4n) is 5.07. The minimum absolute atomic E-state index is 0.0785. The number of aliphatic hydroxyl groups excluding tert-OH is 3. The number of amides is 1. The van der Waals surface area contributed by atoms with Crippen LogP contribution in [-0.2, 0) is 28.6 Å². The number of benzene rings is 2. The first kappa shape index (κ1) is 37.1. The molecule has 46 heavy (non-hydrogen) atoms. The summed E-state index contributed by atoms with van der Waals surface area (Å²) in [5.74, 6) is -4.55. The number of Topliss-reactive ketones (excluding diaryl/α,β-unsaturated/α-hetero) is 1. The molecule has 2 aromatic rings. The summed E-state index contributed by atoms with van der Waals surface area (Å²) in [7, 11) is 1.09. The molecule has 2 aromatic carbocycles. The van der Waals surface area contributed by atoms with Crippen LogP contribution in [0.5, 0.6) is 0 Å². The van der Waals surface area contributed by atoms with Gasteiger partial charge in [-0.3, -0.25) is 14.4 Å². The summed E-state index contributed by atoms with van der Waals surface area (Å²) in [4.78, 5) is 48.7. The number of nitrogens with one attached hydrogen (secondary N) is 1. The summed E-state index contributed by atoms with van der Waals surface area (Å²) in [5.41, 5.74) is 7.84. The molecule has 1 heterocycles. The highest BCUT2D eigenvalue weighted by Crippen LogP contribution is 2.35. The van der Waals surface area contributed by atoms with E-state index >= 15 is 0 Å². The van der Waals surface area contributed by atoms with Gasteiger partial charge in [0.05, 0.1) is 32.0 Å². The molecule has 1 saturated heterocycles. The van der Waals surface area contributed by atoms with Gasteiger partial charge in [-0.15, -0.1) is 0 Å². The highest BCUT2D eigenvalue weighted by Gasteiger charge is 2.56. The number of ketones is 1. The van der Waals surface area contributed by atoms with E-state index in [1.165, 1.54) is 18.7 Å². The van der Waals surface area contributed by atoms with Crippen molar-refractivity contribution < 1.29 is 53.8 Å². The third-order valence-corrected chi connectivity index (χ3v) is 8.71. The van der Waals surface area contributed by atoms with Gasteiger partial charge in [-0.25, -0.2) is 4.79 Å². The number of carboxylic acids is 1. The van der Waals surface area contributed by atoms with Crippen molar-refractivity contribution in [1.82, 2.24) is 5.32 Å². The van der Waals surface area contributed by atoms with Crippen LogP contribution in [0.15, 0.2) is 54.6 Å². The molecule has 252 valence electrons. The molecule has 0 aliphatic carbocycles. The van der Waals surface area contributed by atoms with Gasteiger partial charge in [-0.2, -0.15) is 11.8 Å². The van der Waals surface area contributed by atoms with Gasteiger partial charge in [0, 0.05) is 31.1 Å². The van der Waals surface area contributed by atoms with Crippen molar-refractivity contribution >= 4 is 35.4 Å². The topological polar surface area (TPSA) is 215 Å². The molecular formula is C32H42N2O11S.